The van der Waals surface area contributed by atoms with Crippen molar-refractivity contribution in [3.63, 3.8) is 0 Å². The highest BCUT2D eigenvalue weighted by atomic mass is 32.2. The molecule has 0 aliphatic heterocycles. The molecule has 3 nitrogen and oxygen atoms in total. The number of ketones is 1. The van der Waals surface area contributed by atoms with E-state index in [0.717, 1.165) is 12.8 Å². The van der Waals surface area contributed by atoms with E-state index in [4.69, 9.17) is 0 Å². The lowest BCUT2D eigenvalue weighted by Crippen LogP contribution is -2.21. The van der Waals surface area contributed by atoms with Gasteiger partial charge in [-0.15, -0.1) is 0 Å². The van der Waals surface area contributed by atoms with Crippen LogP contribution in [0.25, 0.3) is 0 Å². The fraction of sp³-hybridized carbons (Fsp3) is 0.833. The molecular weight excluding hydrogens is 152 g/mol. The normalized spacial score (nSPS) is 21.0. The number of thiol groups is 1. The molecule has 0 spiro atoms. The molecule has 1 fully saturated rings. The molecule has 1 aliphatic rings. The highest BCUT2D eigenvalue weighted by Gasteiger charge is 2.36. The maximum absolute atomic E-state index is 10.7. The summed E-state index contributed by atoms with van der Waals surface area (Å²) in [6.45, 7) is 1.34. The van der Waals surface area contributed by atoms with Gasteiger partial charge in [-0.2, -0.15) is 0 Å². The quantitative estimate of drug-likeness (QED) is 0.593. The van der Waals surface area contributed by atoms with E-state index >= 15 is 0 Å². The molecule has 1 aliphatic carbocycles. The van der Waals surface area contributed by atoms with Crippen LogP contribution in [0.3, 0.4) is 0 Å². The standard InChI is InChI=1S/C6H10O3S/c1-4(7)6(10(8)9)5-2-3-5/h5-6,10H,2-3H2,1H3. The molecule has 0 radical (unpaired) electrons. The molecule has 1 rings (SSSR count). The molecule has 0 heterocycles. The number of hydrogen-bond acceptors (Lipinski definition) is 3. The van der Waals surface area contributed by atoms with Gasteiger partial charge in [0, 0.05) is 0 Å². The van der Waals surface area contributed by atoms with Crippen molar-refractivity contribution in [1.29, 1.82) is 0 Å². The first-order valence-electron chi connectivity index (χ1n) is 3.27. The summed E-state index contributed by atoms with van der Waals surface area (Å²) in [7, 11) is -2.53. The van der Waals surface area contributed by atoms with Gasteiger partial charge in [0.2, 0.25) is 0 Å². The molecule has 0 amide bonds. The first kappa shape index (κ1) is 7.72. The van der Waals surface area contributed by atoms with Gasteiger partial charge in [0.05, 0.1) is 0 Å². The SMILES string of the molecule is CC(=O)C(C1CC1)[SH](=O)=O. The first-order valence-corrected chi connectivity index (χ1v) is 4.51. The molecule has 0 N–H and O–H groups in total. The van der Waals surface area contributed by atoms with Gasteiger partial charge >= 0.3 is 0 Å². The lowest BCUT2D eigenvalue weighted by Gasteiger charge is -2.00. The van der Waals surface area contributed by atoms with Crippen LogP contribution in [0, 0.1) is 5.92 Å². The van der Waals surface area contributed by atoms with Crippen LogP contribution in [0.1, 0.15) is 19.8 Å². The van der Waals surface area contributed by atoms with Crippen LogP contribution >= 0.6 is 0 Å². The summed E-state index contributed by atoms with van der Waals surface area (Å²) in [5.74, 6) is -0.0720. The summed E-state index contributed by atoms with van der Waals surface area (Å²) in [6, 6.07) is 0. The van der Waals surface area contributed by atoms with E-state index in [9.17, 15) is 13.2 Å². The molecular formula is C6H10O3S. The lowest BCUT2D eigenvalue weighted by atomic mass is 10.2. The molecule has 0 aromatic rings. The summed E-state index contributed by atoms with van der Waals surface area (Å²) < 4.78 is 20.9. The van der Waals surface area contributed by atoms with Gasteiger partial charge in [0.15, 0.2) is 0 Å². The Morgan fingerprint density at radius 2 is 2.00 bits per heavy atom. The van der Waals surface area contributed by atoms with E-state index in [1.54, 1.807) is 0 Å². The van der Waals surface area contributed by atoms with Crippen LogP contribution in [0.5, 0.6) is 0 Å². The zero-order valence-electron chi connectivity index (χ0n) is 5.74. The van der Waals surface area contributed by atoms with Crippen LogP contribution in [0.2, 0.25) is 0 Å². The third-order valence-corrected chi connectivity index (χ3v) is 2.95. The van der Waals surface area contributed by atoms with Crippen LogP contribution in [-0.4, -0.2) is 19.5 Å². The van der Waals surface area contributed by atoms with Gasteiger partial charge in [-0.3, -0.25) is 4.79 Å². The van der Waals surface area contributed by atoms with E-state index in [2.05, 4.69) is 0 Å². The molecule has 1 unspecified atom stereocenters. The zero-order chi connectivity index (χ0) is 7.72. The third kappa shape index (κ3) is 1.56. The van der Waals surface area contributed by atoms with Crippen LogP contribution in [-0.2, 0) is 15.5 Å². The van der Waals surface area contributed by atoms with Crippen molar-refractivity contribution in [2.24, 2.45) is 5.92 Å². The first-order chi connectivity index (χ1) is 4.63. The second-order valence-electron chi connectivity index (χ2n) is 2.68. The molecule has 0 bridgehead atoms. The Kier molecular flexibility index (Phi) is 2.08. The van der Waals surface area contributed by atoms with Crippen molar-refractivity contribution in [1.82, 2.24) is 0 Å². The van der Waals surface area contributed by atoms with E-state index in [1.165, 1.54) is 6.92 Å². The largest absolute Gasteiger partial charge is 0.299 e. The van der Waals surface area contributed by atoms with Crippen molar-refractivity contribution in [2.75, 3.05) is 0 Å². The summed E-state index contributed by atoms with van der Waals surface area (Å²) >= 11 is 0. The number of rotatable bonds is 3. The number of Topliss-reactive ketones (excluding diaryl/α,β-unsaturated/α-hetero) is 1. The van der Waals surface area contributed by atoms with Gasteiger partial charge in [0.25, 0.3) is 0 Å². The van der Waals surface area contributed by atoms with E-state index in [-0.39, 0.29) is 11.7 Å². The van der Waals surface area contributed by atoms with Crippen LogP contribution < -0.4 is 0 Å². The predicted octanol–water partition coefficient (Wildman–Crippen LogP) is -0.0346. The number of carbonyl (C=O) groups excluding carboxylic acids is 1. The molecule has 1 saturated carbocycles. The summed E-state index contributed by atoms with van der Waals surface area (Å²) in [5, 5.41) is -0.685. The summed E-state index contributed by atoms with van der Waals surface area (Å²) in [6.07, 6.45) is 1.79. The number of carbonyl (C=O) groups is 1. The van der Waals surface area contributed by atoms with Gasteiger partial charge in [-0.1, -0.05) is 0 Å². The van der Waals surface area contributed by atoms with Gasteiger partial charge in [-0.25, -0.2) is 8.42 Å². The van der Waals surface area contributed by atoms with Crippen molar-refractivity contribution >= 4 is 16.5 Å². The molecule has 0 aromatic heterocycles. The van der Waals surface area contributed by atoms with E-state index in [1.807, 2.05) is 0 Å². The maximum Gasteiger partial charge on any atom is 0.150 e. The Labute approximate surface area is 61.4 Å². The summed E-state index contributed by atoms with van der Waals surface area (Å²) in [4.78, 5) is 10.7. The third-order valence-electron chi connectivity index (χ3n) is 1.71. The minimum Gasteiger partial charge on any atom is -0.299 e. The Morgan fingerprint density at radius 3 is 2.10 bits per heavy atom. The average molecular weight is 162 g/mol. The molecule has 10 heavy (non-hydrogen) atoms. The smallest absolute Gasteiger partial charge is 0.150 e. The highest BCUT2D eigenvalue weighted by molar-refractivity contribution is 7.74. The van der Waals surface area contributed by atoms with E-state index in [0.29, 0.717) is 0 Å². The van der Waals surface area contributed by atoms with Crippen LogP contribution in [0.4, 0.5) is 0 Å². The summed E-state index contributed by atoms with van der Waals surface area (Å²) in [5.41, 5.74) is 0. The Hall–Kier alpha value is -0.380. The molecule has 0 aromatic carbocycles. The van der Waals surface area contributed by atoms with Gasteiger partial charge < -0.3 is 0 Å². The molecule has 58 valence electrons. The van der Waals surface area contributed by atoms with Crippen molar-refractivity contribution < 1.29 is 13.2 Å². The van der Waals surface area contributed by atoms with Crippen molar-refractivity contribution in [3.05, 3.63) is 0 Å². The Balaban J connectivity index is 2.67. The molecule has 4 heteroatoms. The molecule has 0 saturated heterocycles. The van der Waals surface area contributed by atoms with Gasteiger partial charge in [0.1, 0.15) is 21.7 Å². The Bertz CT molecular complexity index is 207. The van der Waals surface area contributed by atoms with Crippen molar-refractivity contribution in [3.8, 4) is 0 Å². The predicted molar refractivity (Wildman–Crippen MR) is 37.5 cm³/mol. The average Bonchev–Trinajstić information content (AvgIpc) is 2.46. The van der Waals surface area contributed by atoms with Crippen LogP contribution in [0.15, 0.2) is 0 Å². The topological polar surface area (TPSA) is 51.2 Å². The second kappa shape index (κ2) is 2.70. The van der Waals surface area contributed by atoms with E-state index < -0.39 is 16.0 Å². The fourth-order valence-corrected chi connectivity index (χ4v) is 2.00. The lowest BCUT2D eigenvalue weighted by molar-refractivity contribution is -0.116. The fourth-order valence-electron chi connectivity index (χ4n) is 1.06. The minimum absolute atomic E-state index is 0.138. The zero-order valence-corrected chi connectivity index (χ0v) is 6.64. The molecule has 1 atom stereocenters. The highest BCUT2D eigenvalue weighted by Crippen LogP contribution is 2.34. The van der Waals surface area contributed by atoms with Crippen molar-refractivity contribution in [2.45, 2.75) is 25.0 Å². The Morgan fingerprint density at radius 1 is 1.50 bits per heavy atom. The second-order valence-corrected chi connectivity index (χ2v) is 3.81. The monoisotopic (exact) mass is 162 g/mol. The maximum atomic E-state index is 10.7. The van der Waals surface area contributed by atoms with Gasteiger partial charge in [-0.05, 0) is 25.7 Å². The minimum atomic E-state index is -2.53. The number of hydrogen-bond donors (Lipinski definition) is 1.